The summed E-state index contributed by atoms with van der Waals surface area (Å²) < 4.78 is 13.4. The van der Waals surface area contributed by atoms with Gasteiger partial charge < -0.3 is 15.5 Å². The Morgan fingerprint density at radius 1 is 1.24 bits per heavy atom. The van der Waals surface area contributed by atoms with Crippen molar-refractivity contribution in [2.75, 3.05) is 32.5 Å². The molecular weight excluding hydrogens is 273 g/mol. The van der Waals surface area contributed by atoms with Gasteiger partial charge in [0, 0.05) is 13.1 Å². The second kappa shape index (κ2) is 6.67. The van der Waals surface area contributed by atoms with E-state index in [4.69, 9.17) is 0 Å². The Kier molecular flexibility index (Phi) is 4.90. The van der Waals surface area contributed by atoms with Crippen molar-refractivity contribution in [3.63, 3.8) is 0 Å². The van der Waals surface area contributed by atoms with E-state index in [0.717, 1.165) is 6.54 Å². The summed E-state index contributed by atoms with van der Waals surface area (Å²) in [4.78, 5) is 25.8. The number of halogens is 1. The molecule has 0 bridgehead atoms. The van der Waals surface area contributed by atoms with Gasteiger partial charge in [0.1, 0.15) is 5.82 Å². The first-order chi connectivity index (χ1) is 9.99. The van der Waals surface area contributed by atoms with Gasteiger partial charge in [-0.05, 0) is 32.6 Å². The maximum atomic E-state index is 13.4. The molecule has 114 valence electrons. The molecule has 5 nitrogen and oxygen atoms in total. The minimum Gasteiger partial charge on any atom is -0.355 e. The van der Waals surface area contributed by atoms with Crippen LogP contribution in [0, 0.1) is 17.7 Å². The fourth-order valence-electron chi connectivity index (χ4n) is 2.10. The average Bonchev–Trinajstić information content (AvgIpc) is 3.21. The molecule has 2 atom stereocenters. The maximum Gasteiger partial charge on any atom is 0.228 e. The predicted octanol–water partition coefficient (Wildman–Crippen LogP) is 1.08. The molecule has 0 aliphatic heterocycles. The highest BCUT2D eigenvalue weighted by atomic mass is 19.1. The van der Waals surface area contributed by atoms with Crippen LogP contribution in [0.15, 0.2) is 24.3 Å². The van der Waals surface area contributed by atoms with Gasteiger partial charge in [0.05, 0.1) is 17.5 Å². The van der Waals surface area contributed by atoms with Crippen molar-refractivity contribution < 1.29 is 14.0 Å². The van der Waals surface area contributed by atoms with Gasteiger partial charge in [-0.3, -0.25) is 9.59 Å². The summed E-state index contributed by atoms with van der Waals surface area (Å²) in [7, 11) is 3.85. The van der Waals surface area contributed by atoms with E-state index in [1.54, 1.807) is 12.1 Å². The fourth-order valence-corrected chi connectivity index (χ4v) is 2.10. The van der Waals surface area contributed by atoms with Crippen molar-refractivity contribution in [1.29, 1.82) is 0 Å². The number of likely N-dealkylation sites (N-methyl/N-ethyl adjacent to an activating group) is 1. The van der Waals surface area contributed by atoms with Crippen LogP contribution in [0.2, 0.25) is 0 Å². The molecular formula is C15H20FN3O2. The van der Waals surface area contributed by atoms with Crippen LogP contribution in [0.25, 0.3) is 0 Å². The average molecular weight is 293 g/mol. The lowest BCUT2D eigenvalue weighted by Gasteiger charge is -2.10. The topological polar surface area (TPSA) is 61.4 Å². The summed E-state index contributed by atoms with van der Waals surface area (Å²) in [6.07, 6.45) is 0.522. The molecule has 1 aliphatic carbocycles. The summed E-state index contributed by atoms with van der Waals surface area (Å²) in [5, 5.41) is 5.33. The largest absolute Gasteiger partial charge is 0.355 e. The van der Waals surface area contributed by atoms with Crippen molar-refractivity contribution >= 4 is 17.5 Å². The third kappa shape index (κ3) is 4.26. The van der Waals surface area contributed by atoms with E-state index in [9.17, 15) is 14.0 Å². The highest BCUT2D eigenvalue weighted by molar-refractivity contribution is 5.99. The van der Waals surface area contributed by atoms with Gasteiger partial charge in [-0.15, -0.1) is 0 Å². The van der Waals surface area contributed by atoms with Gasteiger partial charge in [0.25, 0.3) is 0 Å². The first-order valence-corrected chi connectivity index (χ1v) is 6.97. The second-order valence-electron chi connectivity index (χ2n) is 5.51. The number of carbonyl (C=O) groups excluding carboxylic acids is 2. The van der Waals surface area contributed by atoms with Crippen LogP contribution in [0.5, 0.6) is 0 Å². The summed E-state index contributed by atoms with van der Waals surface area (Å²) in [6, 6.07) is 6.00. The van der Waals surface area contributed by atoms with Gasteiger partial charge in [-0.1, -0.05) is 12.1 Å². The van der Waals surface area contributed by atoms with Gasteiger partial charge in [0.2, 0.25) is 11.8 Å². The van der Waals surface area contributed by atoms with Crippen molar-refractivity contribution in [2.45, 2.75) is 6.42 Å². The molecule has 0 radical (unpaired) electrons. The molecule has 2 rings (SSSR count). The number of amides is 2. The van der Waals surface area contributed by atoms with Crippen LogP contribution in [-0.2, 0) is 9.59 Å². The van der Waals surface area contributed by atoms with E-state index in [-0.39, 0.29) is 29.3 Å². The van der Waals surface area contributed by atoms with Gasteiger partial charge >= 0.3 is 0 Å². The lowest BCUT2D eigenvalue weighted by molar-refractivity contribution is -0.125. The van der Waals surface area contributed by atoms with Crippen LogP contribution in [0.1, 0.15) is 6.42 Å². The SMILES string of the molecule is CN(C)CCNC(=O)C1CC1C(=O)Nc1ccccc1F. The Bertz CT molecular complexity index is 533. The number of rotatable bonds is 6. The summed E-state index contributed by atoms with van der Waals surface area (Å²) >= 11 is 0. The van der Waals surface area contributed by atoms with Crippen LogP contribution in [0.3, 0.4) is 0 Å². The Morgan fingerprint density at radius 2 is 1.90 bits per heavy atom. The molecule has 6 heteroatoms. The lowest BCUT2D eigenvalue weighted by atomic mass is 10.2. The molecule has 1 aromatic carbocycles. The van der Waals surface area contributed by atoms with Gasteiger partial charge in [-0.25, -0.2) is 4.39 Å². The minimum absolute atomic E-state index is 0.106. The Hall–Kier alpha value is -1.95. The van der Waals surface area contributed by atoms with Crippen LogP contribution < -0.4 is 10.6 Å². The van der Waals surface area contributed by atoms with Crippen LogP contribution in [0.4, 0.5) is 10.1 Å². The molecule has 0 aromatic heterocycles. The molecule has 1 aliphatic rings. The van der Waals surface area contributed by atoms with E-state index in [2.05, 4.69) is 10.6 Å². The molecule has 1 fully saturated rings. The standard InChI is InChI=1S/C15H20FN3O2/c1-19(2)8-7-17-14(20)10-9-11(10)15(21)18-13-6-4-3-5-12(13)16/h3-6,10-11H,7-9H2,1-2H3,(H,17,20)(H,18,21). The van der Waals surface area contributed by atoms with E-state index in [1.165, 1.54) is 12.1 Å². The summed E-state index contributed by atoms with van der Waals surface area (Å²) in [5.74, 6) is -1.53. The fraction of sp³-hybridized carbons (Fsp3) is 0.467. The zero-order valence-electron chi connectivity index (χ0n) is 12.2. The van der Waals surface area contributed by atoms with Crippen molar-refractivity contribution in [1.82, 2.24) is 10.2 Å². The first kappa shape index (κ1) is 15.4. The Labute approximate surface area is 123 Å². The van der Waals surface area contributed by atoms with Crippen LogP contribution >= 0.6 is 0 Å². The number of para-hydroxylation sites is 1. The second-order valence-corrected chi connectivity index (χ2v) is 5.51. The minimum atomic E-state index is -0.474. The highest BCUT2D eigenvalue weighted by Crippen LogP contribution is 2.39. The third-order valence-electron chi connectivity index (χ3n) is 3.45. The normalized spacial score (nSPS) is 20.2. The summed E-state index contributed by atoms with van der Waals surface area (Å²) in [5.41, 5.74) is 0.154. The van der Waals surface area contributed by atoms with Gasteiger partial charge in [0.15, 0.2) is 0 Å². The molecule has 0 heterocycles. The molecule has 21 heavy (non-hydrogen) atoms. The Morgan fingerprint density at radius 3 is 2.57 bits per heavy atom. The maximum absolute atomic E-state index is 13.4. The number of carbonyl (C=O) groups is 2. The molecule has 2 amide bonds. The molecule has 2 unspecified atom stereocenters. The molecule has 0 spiro atoms. The molecule has 2 N–H and O–H groups in total. The predicted molar refractivity (Wildman–Crippen MR) is 78.2 cm³/mol. The molecule has 1 aromatic rings. The third-order valence-corrected chi connectivity index (χ3v) is 3.45. The molecule has 0 saturated heterocycles. The number of benzene rings is 1. The van der Waals surface area contributed by atoms with E-state index in [1.807, 2.05) is 19.0 Å². The van der Waals surface area contributed by atoms with Crippen molar-refractivity contribution in [2.24, 2.45) is 11.8 Å². The summed E-state index contributed by atoms with van der Waals surface area (Å²) in [6.45, 7) is 1.31. The number of anilines is 1. The number of hydrogen-bond donors (Lipinski definition) is 2. The quantitative estimate of drug-likeness (QED) is 0.825. The first-order valence-electron chi connectivity index (χ1n) is 6.97. The van der Waals surface area contributed by atoms with E-state index >= 15 is 0 Å². The number of nitrogens with zero attached hydrogens (tertiary/aromatic N) is 1. The number of nitrogens with one attached hydrogen (secondary N) is 2. The lowest BCUT2D eigenvalue weighted by Crippen LogP contribution is -2.33. The van der Waals surface area contributed by atoms with Gasteiger partial charge in [-0.2, -0.15) is 0 Å². The Balaban J connectivity index is 1.79. The molecule has 1 saturated carbocycles. The highest BCUT2D eigenvalue weighted by Gasteiger charge is 2.47. The zero-order valence-corrected chi connectivity index (χ0v) is 12.2. The zero-order chi connectivity index (χ0) is 15.4. The van der Waals surface area contributed by atoms with Crippen molar-refractivity contribution in [3.8, 4) is 0 Å². The monoisotopic (exact) mass is 293 g/mol. The van der Waals surface area contributed by atoms with Crippen molar-refractivity contribution in [3.05, 3.63) is 30.1 Å². The number of hydrogen-bond acceptors (Lipinski definition) is 3. The van der Waals surface area contributed by atoms with E-state index in [0.29, 0.717) is 13.0 Å². The van der Waals surface area contributed by atoms with Crippen LogP contribution in [-0.4, -0.2) is 43.9 Å². The van der Waals surface area contributed by atoms with E-state index < -0.39 is 5.82 Å². The smallest absolute Gasteiger partial charge is 0.228 e.